The molecule has 0 saturated heterocycles. The standard InChI is InChI=1S/C19H30O4/c1-4-7-14-22-17(20)16-11-9-10-13-19(16,12-6-3)18(21)23-15-8-5-2/h9-11,13,16H,4-8,12,14-15H2,1-3H3. The molecule has 4 heteroatoms. The molecule has 0 radical (unpaired) electrons. The van der Waals surface area contributed by atoms with Crippen molar-refractivity contribution in [3.63, 3.8) is 0 Å². The summed E-state index contributed by atoms with van der Waals surface area (Å²) in [6.45, 7) is 6.90. The highest BCUT2D eigenvalue weighted by atomic mass is 16.5. The summed E-state index contributed by atoms with van der Waals surface area (Å²) in [6.07, 6.45) is 12.2. The van der Waals surface area contributed by atoms with Crippen LogP contribution in [0.4, 0.5) is 0 Å². The third-order valence-corrected chi connectivity index (χ3v) is 4.13. The van der Waals surface area contributed by atoms with E-state index < -0.39 is 11.3 Å². The molecule has 0 saturated carbocycles. The predicted octanol–water partition coefficient (Wildman–Crippen LogP) is 4.20. The van der Waals surface area contributed by atoms with Crippen LogP contribution < -0.4 is 0 Å². The summed E-state index contributed by atoms with van der Waals surface area (Å²) >= 11 is 0. The summed E-state index contributed by atoms with van der Waals surface area (Å²) in [7, 11) is 0. The molecule has 0 bridgehead atoms. The minimum Gasteiger partial charge on any atom is -0.465 e. The number of hydrogen-bond acceptors (Lipinski definition) is 4. The Morgan fingerprint density at radius 1 is 0.957 bits per heavy atom. The van der Waals surface area contributed by atoms with Crippen LogP contribution in [0.25, 0.3) is 0 Å². The largest absolute Gasteiger partial charge is 0.465 e. The molecule has 23 heavy (non-hydrogen) atoms. The van der Waals surface area contributed by atoms with Gasteiger partial charge in [-0.25, -0.2) is 0 Å². The Balaban J connectivity index is 2.90. The van der Waals surface area contributed by atoms with E-state index in [-0.39, 0.29) is 11.9 Å². The van der Waals surface area contributed by atoms with Crippen LogP contribution in [0.15, 0.2) is 24.3 Å². The van der Waals surface area contributed by atoms with Gasteiger partial charge in [0.25, 0.3) is 0 Å². The van der Waals surface area contributed by atoms with E-state index in [0.29, 0.717) is 19.6 Å². The normalized spacial score (nSPS) is 22.8. The molecule has 0 aromatic heterocycles. The van der Waals surface area contributed by atoms with E-state index in [1.54, 1.807) is 12.2 Å². The van der Waals surface area contributed by atoms with Crippen molar-refractivity contribution in [2.45, 2.75) is 59.3 Å². The van der Waals surface area contributed by atoms with Gasteiger partial charge in [0, 0.05) is 0 Å². The lowest BCUT2D eigenvalue weighted by molar-refractivity contribution is -0.164. The predicted molar refractivity (Wildman–Crippen MR) is 90.8 cm³/mol. The zero-order valence-electron chi connectivity index (χ0n) is 14.7. The summed E-state index contributed by atoms with van der Waals surface area (Å²) in [6, 6.07) is 0. The first kappa shape index (κ1) is 19.5. The minimum absolute atomic E-state index is 0.314. The average molecular weight is 322 g/mol. The van der Waals surface area contributed by atoms with E-state index in [2.05, 4.69) is 0 Å². The number of ether oxygens (including phenoxy) is 2. The van der Waals surface area contributed by atoms with Gasteiger partial charge in [-0.1, -0.05) is 64.3 Å². The average Bonchev–Trinajstić information content (AvgIpc) is 2.55. The zero-order valence-corrected chi connectivity index (χ0v) is 14.7. The minimum atomic E-state index is -0.930. The van der Waals surface area contributed by atoms with Crippen molar-refractivity contribution >= 4 is 11.9 Å². The van der Waals surface area contributed by atoms with E-state index in [0.717, 1.165) is 32.1 Å². The molecule has 0 N–H and O–H groups in total. The molecule has 0 aromatic carbocycles. The first-order valence-electron chi connectivity index (χ1n) is 8.82. The molecule has 0 fully saturated rings. The van der Waals surface area contributed by atoms with Crippen molar-refractivity contribution in [2.75, 3.05) is 13.2 Å². The van der Waals surface area contributed by atoms with Crippen LogP contribution in [0.2, 0.25) is 0 Å². The third kappa shape index (κ3) is 5.22. The van der Waals surface area contributed by atoms with Gasteiger partial charge in [0.05, 0.1) is 19.1 Å². The van der Waals surface area contributed by atoms with Crippen LogP contribution in [0.5, 0.6) is 0 Å². The molecule has 2 unspecified atom stereocenters. The van der Waals surface area contributed by atoms with E-state index in [4.69, 9.17) is 9.47 Å². The molecule has 1 rings (SSSR count). The number of rotatable bonds is 10. The molecule has 1 aliphatic carbocycles. The van der Waals surface area contributed by atoms with E-state index in [9.17, 15) is 9.59 Å². The topological polar surface area (TPSA) is 52.6 Å². The first-order chi connectivity index (χ1) is 11.1. The van der Waals surface area contributed by atoms with Gasteiger partial charge in [-0.05, 0) is 19.3 Å². The molecule has 130 valence electrons. The van der Waals surface area contributed by atoms with Gasteiger partial charge in [-0.15, -0.1) is 0 Å². The van der Waals surface area contributed by atoms with Crippen molar-refractivity contribution in [1.29, 1.82) is 0 Å². The van der Waals surface area contributed by atoms with E-state index in [1.165, 1.54) is 0 Å². The van der Waals surface area contributed by atoms with Crippen LogP contribution in [-0.2, 0) is 19.1 Å². The van der Waals surface area contributed by atoms with Gasteiger partial charge in [0.2, 0.25) is 0 Å². The van der Waals surface area contributed by atoms with Gasteiger partial charge in [-0.2, -0.15) is 0 Å². The Hall–Kier alpha value is -1.58. The number of esters is 2. The smallest absolute Gasteiger partial charge is 0.317 e. The van der Waals surface area contributed by atoms with Gasteiger partial charge >= 0.3 is 11.9 Å². The van der Waals surface area contributed by atoms with E-state index >= 15 is 0 Å². The fourth-order valence-electron chi connectivity index (χ4n) is 2.77. The number of unbranched alkanes of at least 4 members (excludes halogenated alkanes) is 2. The Morgan fingerprint density at radius 2 is 1.61 bits per heavy atom. The van der Waals surface area contributed by atoms with Crippen molar-refractivity contribution in [1.82, 2.24) is 0 Å². The molecular weight excluding hydrogens is 292 g/mol. The molecule has 4 nitrogen and oxygen atoms in total. The highest BCUT2D eigenvalue weighted by Crippen LogP contribution is 2.40. The summed E-state index contributed by atoms with van der Waals surface area (Å²) in [5.74, 6) is -1.25. The second-order valence-corrected chi connectivity index (χ2v) is 6.02. The molecule has 2 atom stereocenters. The van der Waals surface area contributed by atoms with E-state index in [1.807, 2.05) is 32.9 Å². The van der Waals surface area contributed by atoms with Gasteiger partial charge in [0.1, 0.15) is 5.41 Å². The summed E-state index contributed by atoms with van der Waals surface area (Å²) in [5, 5.41) is 0. The Labute approximate surface area is 139 Å². The van der Waals surface area contributed by atoms with Gasteiger partial charge < -0.3 is 9.47 Å². The Kier molecular flexibility index (Phi) is 8.67. The summed E-state index contributed by atoms with van der Waals surface area (Å²) in [4.78, 5) is 25.2. The fraction of sp³-hybridized carbons (Fsp3) is 0.684. The second-order valence-electron chi connectivity index (χ2n) is 6.02. The molecule has 0 heterocycles. The highest BCUT2D eigenvalue weighted by Gasteiger charge is 2.48. The van der Waals surface area contributed by atoms with Crippen LogP contribution >= 0.6 is 0 Å². The zero-order chi connectivity index (χ0) is 17.1. The second kappa shape index (κ2) is 10.2. The monoisotopic (exact) mass is 322 g/mol. The summed E-state index contributed by atoms with van der Waals surface area (Å²) in [5.41, 5.74) is -0.930. The molecule has 0 aromatic rings. The lowest BCUT2D eigenvalue weighted by atomic mass is 9.69. The number of allylic oxidation sites excluding steroid dienone is 2. The Morgan fingerprint density at radius 3 is 2.22 bits per heavy atom. The molecular formula is C19H30O4. The van der Waals surface area contributed by atoms with Crippen molar-refractivity contribution in [2.24, 2.45) is 11.3 Å². The van der Waals surface area contributed by atoms with Crippen LogP contribution in [0.3, 0.4) is 0 Å². The maximum atomic E-state index is 12.7. The molecule has 0 amide bonds. The fourth-order valence-corrected chi connectivity index (χ4v) is 2.77. The van der Waals surface area contributed by atoms with Crippen LogP contribution in [0, 0.1) is 11.3 Å². The van der Waals surface area contributed by atoms with Crippen LogP contribution in [-0.4, -0.2) is 25.2 Å². The molecule has 0 spiro atoms. The quantitative estimate of drug-likeness (QED) is 0.447. The maximum Gasteiger partial charge on any atom is 0.317 e. The van der Waals surface area contributed by atoms with Gasteiger partial charge in [-0.3, -0.25) is 9.59 Å². The summed E-state index contributed by atoms with van der Waals surface area (Å²) < 4.78 is 10.8. The first-order valence-corrected chi connectivity index (χ1v) is 8.82. The van der Waals surface area contributed by atoms with Crippen molar-refractivity contribution in [3.05, 3.63) is 24.3 Å². The lowest BCUT2D eigenvalue weighted by Gasteiger charge is -2.34. The number of hydrogen-bond donors (Lipinski definition) is 0. The maximum absolute atomic E-state index is 12.7. The van der Waals surface area contributed by atoms with Crippen molar-refractivity contribution in [3.8, 4) is 0 Å². The molecule has 1 aliphatic rings. The number of carbonyl (C=O) groups is 2. The SMILES string of the molecule is CCCCOC(=O)C1C=CC=CC1(CCC)C(=O)OCCCC. The highest BCUT2D eigenvalue weighted by molar-refractivity contribution is 5.89. The number of carbonyl (C=O) groups excluding carboxylic acids is 2. The lowest BCUT2D eigenvalue weighted by Crippen LogP contribution is -2.43. The third-order valence-electron chi connectivity index (χ3n) is 4.13. The van der Waals surface area contributed by atoms with Crippen molar-refractivity contribution < 1.29 is 19.1 Å². The van der Waals surface area contributed by atoms with Crippen LogP contribution in [0.1, 0.15) is 59.3 Å². The van der Waals surface area contributed by atoms with Gasteiger partial charge in [0.15, 0.2) is 0 Å². The Bertz CT molecular complexity index is 439. The molecule has 0 aliphatic heterocycles.